The summed E-state index contributed by atoms with van der Waals surface area (Å²) in [5.41, 5.74) is 2.32. The van der Waals surface area contributed by atoms with E-state index in [0.29, 0.717) is 26.2 Å². The van der Waals surface area contributed by atoms with Gasteiger partial charge in [0.05, 0.1) is 11.7 Å². The standard InChI is InChI=1S/C16H22N2O3S/c1-3-22(20,21)18-10-14-9-17(16(19)15(14)11-18)8-13-6-4-5-12(2)7-13/h4-7,14-15H,3,8-11H2,1-2H3/t14-,15+/m1/s1. The van der Waals surface area contributed by atoms with Crippen LogP contribution in [0.3, 0.4) is 0 Å². The Hall–Kier alpha value is -1.40. The van der Waals surface area contributed by atoms with Crippen LogP contribution in [0.15, 0.2) is 24.3 Å². The van der Waals surface area contributed by atoms with Gasteiger partial charge in [0.2, 0.25) is 15.9 Å². The first-order chi connectivity index (χ1) is 10.4. The van der Waals surface area contributed by atoms with Crippen molar-refractivity contribution in [3.63, 3.8) is 0 Å². The molecule has 0 radical (unpaired) electrons. The number of sulfonamides is 1. The number of aryl methyl sites for hydroxylation is 1. The molecule has 0 bridgehead atoms. The van der Waals surface area contributed by atoms with Gasteiger partial charge in [-0.25, -0.2) is 12.7 Å². The zero-order valence-electron chi connectivity index (χ0n) is 13.0. The lowest BCUT2D eigenvalue weighted by molar-refractivity contribution is -0.131. The van der Waals surface area contributed by atoms with E-state index in [4.69, 9.17) is 0 Å². The van der Waals surface area contributed by atoms with E-state index in [2.05, 4.69) is 6.07 Å². The maximum Gasteiger partial charge on any atom is 0.227 e. The van der Waals surface area contributed by atoms with Gasteiger partial charge in [-0.1, -0.05) is 29.8 Å². The highest BCUT2D eigenvalue weighted by molar-refractivity contribution is 7.89. The van der Waals surface area contributed by atoms with Crippen molar-refractivity contribution in [2.45, 2.75) is 20.4 Å². The third-order valence-corrected chi connectivity index (χ3v) is 6.52. The molecule has 120 valence electrons. The molecule has 0 aromatic heterocycles. The number of benzene rings is 1. The maximum atomic E-state index is 12.5. The normalized spacial score (nSPS) is 25.7. The highest BCUT2D eigenvalue weighted by atomic mass is 32.2. The van der Waals surface area contributed by atoms with Crippen LogP contribution >= 0.6 is 0 Å². The molecular weight excluding hydrogens is 300 g/mol. The van der Waals surface area contributed by atoms with Gasteiger partial charge in [0.15, 0.2) is 0 Å². The highest BCUT2D eigenvalue weighted by Gasteiger charge is 2.48. The van der Waals surface area contributed by atoms with E-state index in [1.54, 1.807) is 6.92 Å². The molecule has 0 N–H and O–H groups in total. The van der Waals surface area contributed by atoms with Crippen molar-refractivity contribution in [2.75, 3.05) is 25.4 Å². The van der Waals surface area contributed by atoms with E-state index in [9.17, 15) is 13.2 Å². The molecule has 2 saturated heterocycles. The van der Waals surface area contributed by atoms with Gasteiger partial charge in [-0.3, -0.25) is 4.79 Å². The van der Waals surface area contributed by atoms with Crippen LogP contribution < -0.4 is 0 Å². The zero-order valence-corrected chi connectivity index (χ0v) is 13.8. The zero-order chi connectivity index (χ0) is 15.9. The van der Waals surface area contributed by atoms with Crippen molar-refractivity contribution in [1.82, 2.24) is 9.21 Å². The molecule has 3 rings (SSSR count). The largest absolute Gasteiger partial charge is 0.338 e. The molecule has 0 aliphatic carbocycles. The minimum absolute atomic E-state index is 0.0975. The summed E-state index contributed by atoms with van der Waals surface area (Å²) in [5, 5.41) is 0. The van der Waals surface area contributed by atoms with Gasteiger partial charge in [-0.15, -0.1) is 0 Å². The summed E-state index contributed by atoms with van der Waals surface area (Å²) >= 11 is 0. The van der Waals surface area contributed by atoms with Crippen LogP contribution in [-0.4, -0.2) is 48.9 Å². The van der Waals surface area contributed by atoms with Crippen LogP contribution in [0.1, 0.15) is 18.1 Å². The van der Waals surface area contributed by atoms with Gasteiger partial charge >= 0.3 is 0 Å². The molecule has 5 nitrogen and oxygen atoms in total. The van der Waals surface area contributed by atoms with Crippen LogP contribution in [0.5, 0.6) is 0 Å². The van der Waals surface area contributed by atoms with Gasteiger partial charge in [-0.2, -0.15) is 0 Å². The second kappa shape index (κ2) is 5.66. The number of amides is 1. The summed E-state index contributed by atoms with van der Waals surface area (Å²) in [6, 6.07) is 8.16. The molecule has 22 heavy (non-hydrogen) atoms. The third kappa shape index (κ3) is 2.77. The predicted octanol–water partition coefficient (Wildman–Crippen LogP) is 1.23. The number of hydrogen-bond donors (Lipinski definition) is 0. The third-order valence-electron chi connectivity index (χ3n) is 4.71. The lowest BCUT2D eigenvalue weighted by atomic mass is 10.0. The first kappa shape index (κ1) is 15.5. The van der Waals surface area contributed by atoms with E-state index in [1.807, 2.05) is 30.0 Å². The molecule has 2 heterocycles. The first-order valence-electron chi connectivity index (χ1n) is 7.73. The number of likely N-dealkylation sites (tertiary alicyclic amines) is 1. The van der Waals surface area contributed by atoms with Crippen LogP contribution in [-0.2, 0) is 21.4 Å². The van der Waals surface area contributed by atoms with Gasteiger partial charge in [0.1, 0.15) is 0 Å². The molecule has 2 aliphatic heterocycles. The molecule has 6 heteroatoms. The van der Waals surface area contributed by atoms with E-state index in [1.165, 1.54) is 9.87 Å². The van der Waals surface area contributed by atoms with Crippen LogP contribution in [0.2, 0.25) is 0 Å². The number of hydrogen-bond acceptors (Lipinski definition) is 3. The molecule has 1 amide bonds. The Morgan fingerprint density at radius 1 is 1.23 bits per heavy atom. The van der Waals surface area contributed by atoms with Crippen molar-refractivity contribution in [3.05, 3.63) is 35.4 Å². The van der Waals surface area contributed by atoms with Crippen LogP contribution in [0.25, 0.3) is 0 Å². The molecule has 2 atom stereocenters. The maximum absolute atomic E-state index is 12.5. The summed E-state index contributed by atoms with van der Waals surface area (Å²) in [5.74, 6) is 0.179. The van der Waals surface area contributed by atoms with E-state index < -0.39 is 10.0 Å². The Morgan fingerprint density at radius 3 is 2.64 bits per heavy atom. The minimum Gasteiger partial charge on any atom is -0.338 e. The molecule has 1 aromatic rings. The summed E-state index contributed by atoms with van der Waals surface area (Å²) in [6.45, 7) is 5.80. The predicted molar refractivity (Wildman–Crippen MR) is 84.6 cm³/mol. The lowest BCUT2D eigenvalue weighted by Crippen LogP contribution is -2.36. The average Bonchev–Trinajstić information content (AvgIpc) is 3.01. The topological polar surface area (TPSA) is 57.7 Å². The summed E-state index contributed by atoms with van der Waals surface area (Å²) in [6.07, 6.45) is 0. The monoisotopic (exact) mass is 322 g/mol. The van der Waals surface area contributed by atoms with E-state index in [0.717, 1.165) is 5.56 Å². The number of nitrogens with zero attached hydrogens (tertiary/aromatic N) is 2. The number of carbonyl (C=O) groups is 1. The Balaban J connectivity index is 1.68. The number of carbonyl (C=O) groups excluding carboxylic acids is 1. The van der Waals surface area contributed by atoms with Crippen molar-refractivity contribution >= 4 is 15.9 Å². The molecular formula is C16H22N2O3S. The number of rotatable bonds is 4. The fourth-order valence-corrected chi connectivity index (χ4v) is 4.66. The fourth-order valence-electron chi connectivity index (χ4n) is 3.49. The lowest BCUT2D eigenvalue weighted by Gasteiger charge is -2.21. The Morgan fingerprint density at radius 2 is 2.00 bits per heavy atom. The smallest absolute Gasteiger partial charge is 0.227 e. The van der Waals surface area contributed by atoms with E-state index >= 15 is 0 Å². The van der Waals surface area contributed by atoms with Gasteiger partial charge in [-0.05, 0) is 19.4 Å². The van der Waals surface area contributed by atoms with E-state index in [-0.39, 0.29) is 23.5 Å². The molecule has 0 unspecified atom stereocenters. The fraction of sp³-hybridized carbons (Fsp3) is 0.562. The Bertz CT molecular complexity index is 686. The molecule has 1 aromatic carbocycles. The second-order valence-electron chi connectivity index (χ2n) is 6.29. The Labute approximate surface area is 132 Å². The van der Waals surface area contributed by atoms with Gasteiger partial charge in [0, 0.05) is 32.1 Å². The second-order valence-corrected chi connectivity index (χ2v) is 8.55. The minimum atomic E-state index is -3.18. The molecule has 2 fully saturated rings. The SMILES string of the molecule is CCS(=O)(=O)N1C[C@H]2CN(Cc3cccc(C)c3)C(=O)[C@H]2C1. The molecule has 0 spiro atoms. The number of fused-ring (bicyclic) bond motifs is 1. The van der Waals surface area contributed by atoms with Crippen molar-refractivity contribution in [1.29, 1.82) is 0 Å². The molecule has 2 aliphatic rings. The van der Waals surface area contributed by atoms with Gasteiger partial charge in [0.25, 0.3) is 0 Å². The Kier molecular flexibility index (Phi) is 3.99. The highest BCUT2D eigenvalue weighted by Crippen LogP contribution is 2.34. The molecule has 0 saturated carbocycles. The van der Waals surface area contributed by atoms with Crippen molar-refractivity contribution < 1.29 is 13.2 Å². The van der Waals surface area contributed by atoms with Gasteiger partial charge < -0.3 is 4.90 Å². The summed E-state index contributed by atoms with van der Waals surface area (Å²) < 4.78 is 25.4. The summed E-state index contributed by atoms with van der Waals surface area (Å²) in [4.78, 5) is 14.4. The summed E-state index contributed by atoms with van der Waals surface area (Å²) in [7, 11) is -3.18. The first-order valence-corrected chi connectivity index (χ1v) is 9.34. The van der Waals surface area contributed by atoms with Crippen molar-refractivity contribution in [3.8, 4) is 0 Å². The van der Waals surface area contributed by atoms with Crippen LogP contribution in [0, 0.1) is 18.8 Å². The van der Waals surface area contributed by atoms with Crippen LogP contribution in [0.4, 0.5) is 0 Å². The average molecular weight is 322 g/mol. The quantitative estimate of drug-likeness (QED) is 0.838. The van der Waals surface area contributed by atoms with Crippen molar-refractivity contribution in [2.24, 2.45) is 11.8 Å².